The molecule has 0 aliphatic rings. The zero-order valence-corrected chi connectivity index (χ0v) is 14.4. The Morgan fingerprint density at radius 2 is 1.64 bits per heavy atom. The van der Waals surface area contributed by atoms with Gasteiger partial charge in [0.05, 0.1) is 5.52 Å². The number of hydrogen-bond acceptors (Lipinski definition) is 3. The van der Waals surface area contributed by atoms with E-state index in [-0.39, 0.29) is 0 Å². The zero-order valence-electron chi connectivity index (χ0n) is 13.6. The van der Waals surface area contributed by atoms with Crippen LogP contribution in [0.25, 0.3) is 10.9 Å². The van der Waals surface area contributed by atoms with Crippen molar-refractivity contribution >= 4 is 22.7 Å². The monoisotopic (exact) mass is 343 g/mol. The SMILES string of the molecule is c1ccc(Oc2cccc(CSc3ccc4ncccc4c3)c2)cc1. The molecule has 0 amide bonds. The highest BCUT2D eigenvalue weighted by molar-refractivity contribution is 7.98. The Balaban J connectivity index is 1.46. The quantitative estimate of drug-likeness (QED) is 0.396. The molecule has 0 atom stereocenters. The molecule has 0 N–H and O–H groups in total. The smallest absolute Gasteiger partial charge is 0.127 e. The van der Waals surface area contributed by atoms with E-state index in [0.29, 0.717) is 0 Å². The topological polar surface area (TPSA) is 22.1 Å². The Labute approximate surface area is 151 Å². The summed E-state index contributed by atoms with van der Waals surface area (Å²) in [5, 5.41) is 1.17. The van der Waals surface area contributed by atoms with Crippen LogP contribution in [0.2, 0.25) is 0 Å². The fraction of sp³-hybridized carbons (Fsp3) is 0.0455. The minimum Gasteiger partial charge on any atom is -0.457 e. The van der Waals surface area contributed by atoms with Crippen molar-refractivity contribution in [2.75, 3.05) is 0 Å². The second-order valence-corrected chi connectivity index (χ2v) is 6.76. The molecule has 0 fully saturated rings. The van der Waals surface area contributed by atoms with Crippen LogP contribution in [0, 0.1) is 0 Å². The molecule has 0 bridgehead atoms. The first kappa shape index (κ1) is 15.7. The van der Waals surface area contributed by atoms with Crippen LogP contribution in [0.5, 0.6) is 11.5 Å². The van der Waals surface area contributed by atoms with E-state index in [1.165, 1.54) is 15.8 Å². The number of ether oxygens (including phenoxy) is 1. The molecule has 0 aliphatic heterocycles. The number of hydrogen-bond donors (Lipinski definition) is 0. The molecule has 1 heterocycles. The van der Waals surface area contributed by atoms with Gasteiger partial charge in [-0.1, -0.05) is 36.4 Å². The average molecular weight is 343 g/mol. The Morgan fingerprint density at radius 1 is 0.760 bits per heavy atom. The molecule has 2 nitrogen and oxygen atoms in total. The highest BCUT2D eigenvalue weighted by Crippen LogP contribution is 2.28. The number of benzene rings is 3. The number of fused-ring (bicyclic) bond motifs is 1. The van der Waals surface area contributed by atoms with Gasteiger partial charge in [0.25, 0.3) is 0 Å². The van der Waals surface area contributed by atoms with Crippen molar-refractivity contribution in [1.82, 2.24) is 4.98 Å². The largest absolute Gasteiger partial charge is 0.457 e. The highest BCUT2D eigenvalue weighted by atomic mass is 32.2. The molecule has 0 aliphatic carbocycles. The van der Waals surface area contributed by atoms with Gasteiger partial charge >= 0.3 is 0 Å². The molecular formula is C22H17NOS. The Bertz CT molecular complexity index is 985. The van der Waals surface area contributed by atoms with Crippen molar-refractivity contribution in [3.63, 3.8) is 0 Å². The third kappa shape index (κ3) is 4.01. The van der Waals surface area contributed by atoms with Crippen molar-refractivity contribution in [1.29, 1.82) is 0 Å². The van der Waals surface area contributed by atoms with Gasteiger partial charge in [0.1, 0.15) is 11.5 Å². The second-order valence-electron chi connectivity index (χ2n) is 5.71. The van der Waals surface area contributed by atoms with Gasteiger partial charge in [-0.15, -0.1) is 11.8 Å². The molecule has 4 aromatic rings. The van der Waals surface area contributed by atoms with Gasteiger partial charge in [-0.3, -0.25) is 4.98 Å². The van der Waals surface area contributed by atoms with Gasteiger partial charge in [0, 0.05) is 22.2 Å². The van der Waals surface area contributed by atoms with Gasteiger partial charge in [0.15, 0.2) is 0 Å². The van der Waals surface area contributed by atoms with E-state index in [4.69, 9.17) is 4.74 Å². The lowest BCUT2D eigenvalue weighted by Gasteiger charge is -2.08. The molecule has 3 aromatic carbocycles. The van der Waals surface area contributed by atoms with Crippen LogP contribution < -0.4 is 4.74 Å². The van der Waals surface area contributed by atoms with Crippen molar-refractivity contribution in [3.8, 4) is 11.5 Å². The van der Waals surface area contributed by atoms with E-state index in [9.17, 15) is 0 Å². The van der Waals surface area contributed by atoms with Crippen LogP contribution in [0.1, 0.15) is 5.56 Å². The Kier molecular flexibility index (Phi) is 4.66. The minimum absolute atomic E-state index is 0.856. The standard InChI is InChI=1S/C22H17NOS/c1-2-8-19(9-3-1)24-20-10-4-6-17(14-20)16-25-21-11-12-22-18(15-21)7-5-13-23-22/h1-15H,16H2. The van der Waals surface area contributed by atoms with E-state index in [0.717, 1.165) is 22.8 Å². The van der Waals surface area contributed by atoms with Crippen LogP contribution in [0.15, 0.2) is 96.0 Å². The third-order valence-electron chi connectivity index (χ3n) is 3.86. The number of nitrogens with zero attached hydrogens (tertiary/aromatic N) is 1. The van der Waals surface area contributed by atoms with Gasteiger partial charge in [-0.2, -0.15) is 0 Å². The maximum Gasteiger partial charge on any atom is 0.127 e. The van der Waals surface area contributed by atoms with Crippen LogP contribution >= 0.6 is 11.8 Å². The first-order chi connectivity index (χ1) is 12.4. The fourth-order valence-corrected chi connectivity index (χ4v) is 3.52. The number of aromatic nitrogens is 1. The van der Waals surface area contributed by atoms with Crippen LogP contribution in [-0.4, -0.2) is 4.98 Å². The molecule has 1 aromatic heterocycles. The van der Waals surface area contributed by atoms with E-state index in [1.54, 1.807) is 0 Å². The predicted octanol–water partition coefficient (Wildman–Crippen LogP) is 6.32. The molecule has 0 radical (unpaired) electrons. The Hall–Kier alpha value is -2.78. The molecule has 0 saturated heterocycles. The van der Waals surface area contributed by atoms with Gasteiger partial charge < -0.3 is 4.74 Å². The number of rotatable bonds is 5. The molecule has 0 saturated carbocycles. The predicted molar refractivity (Wildman–Crippen MR) is 104 cm³/mol. The first-order valence-electron chi connectivity index (χ1n) is 8.16. The number of para-hydroxylation sites is 1. The summed E-state index contributed by atoms with van der Waals surface area (Å²) in [6, 6.07) is 28.6. The maximum absolute atomic E-state index is 5.91. The Morgan fingerprint density at radius 3 is 2.56 bits per heavy atom. The van der Waals surface area contributed by atoms with E-state index in [2.05, 4.69) is 41.4 Å². The first-order valence-corrected chi connectivity index (χ1v) is 9.15. The lowest BCUT2D eigenvalue weighted by atomic mass is 10.2. The normalized spacial score (nSPS) is 10.7. The lowest BCUT2D eigenvalue weighted by Crippen LogP contribution is -1.86. The lowest BCUT2D eigenvalue weighted by molar-refractivity contribution is 0.482. The number of thioether (sulfide) groups is 1. The summed E-state index contributed by atoms with van der Waals surface area (Å²) in [5.41, 5.74) is 2.27. The molecule has 25 heavy (non-hydrogen) atoms. The number of pyridine rings is 1. The fourth-order valence-electron chi connectivity index (χ4n) is 2.63. The third-order valence-corrected chi connectivity index (χ3v) is 4.92. The summed E-state index contributed by atoms with van der Waals surface area (Å²) in [5.74, 6) is 2.62. The molecule has 0 spiro atoms. The summed E-state index contributed by atoms with van der Waals surface area (Å²) < 4.78 is 5.91. The van der Waals surface area contributed by atoms with E-state index in [1.807, 2.05) is 66.5 Å². The summed E-state index contributed by atoms with van der Waals surface area (Å²) >= 11 is 1.82. The minimum atomic E-state index is 0.856. The summed E-state index contributed by atoms with van der Waals surface area (Å²) in [6.45, 7) is 0. The van der Waals surface area contributed by atoms with Gasteiger partial charge in [-0.25, -0.2) is 0 Å². The molecule has 122 valence electrons. The maximum atomic E-state index is 5.91. The van der Waals surface area contributed by atoms with Crippen molar-refractivity contribution < 1.29 is 4.74 Å². The van der Waals surface area contributed by atoms with E-state index >= 15 is 0 Å². The van der Waals surface area contributed by atoms with Gasteiger partial charge in [-0.05, 0) is 54.1 Å². The second kappa shape index (κ2) is 7.41. The molecule has 4 rings (SSSR count). The summed E-state index contributed by atoms with van der Waals surface area (Å²) in [4.78, 5) is 5.61. The highest BCUT2D eigenvalue weighted by Gasteiger charge is 2.02. The zero-order chi connectivity index (χ0) is 16.9. The van der Waals surface area contributed by atoms with Crippen molar-refractivity contribution in [3.05, 3.63) is 96.7 Å². The van der Waals surface area contributed by atoms with Crippen LogP contribution in [-0.2, 0) is 5.75 Å². The molecule has 3 heteroatoms. The van der Waals surface area contributed by atoms with Crippen molar-refractivity contribution in [2.45, 2.75) is 10.6 Å². The average Bonchev–Trinajstić information content (AvgIpc) is 2.67. The van der Waals surface area contributed by atoms with Crippen LogP contribution in [0.4, 0.5) is 0 Å². The molecular weight excluding hydrogens is 326 g/mol. The molecule has 0 unspecified atom stereocenters. The van der Waals surface area contributed by atoms with E-state index < -0.39 is 0 Å². The summed E-state index contributed by atoms with van der Waals surface area (Å²) in [7, 11) is 0. The van der Waals surface area contributed by atoms with Gasteiger partial charge in [0.2, 0.25) is 0 Å². The summed E-state index contributed by atoms with van der Waals surface area (Å²) in [6.07, 6.45) is 1.83. The van der Waals surface area contributed by atoms with Crippen molar-refractivity contribution in [2.24, 2.45) is 0 Å². The van der Waals surface area contributed by atoms with Crippen LogP contribution in [0.3, 0.4) is 0 Å².